The highest BCUT2D eigenvalue weighted by molar-refractivity contribution is 4.53. The second kappa shape index (κ2) is 24.6. The van der Waals surface area contributed by atoms with Gasteiger partial charge < -0.3 is 33.8 Å². The van der Waals surface area contributed by atoms with Crippen molar-refractivity contribution in [1.82, 2.24) is 0 Å². The number of hydrogen-bond donors (Lipinski definition) is 0. The van der Waals surface area contributed by atoms with Gasteiger partial charge in [-0.25, -0.2) is 0 Å². The van der Waals surface area contributed by atoms with E-state index >= 15 is 0 Å². The van der Waals surface area contributed by atoms with Gasteiger partial charge in [-0.2, -0.15) is 0 Å². The van der Waals surface area contributed by atoms with Gasteiger partial charge in [-0.15, -0.1) is 0 Å². The Hall–Kier alpha value is 0.500. The molecule has 4 heteroatoms. The Bertz CT molecular complexity index is 286. The van der Waals surface area contributed by atoms with E-state index < -0.39 is 0 Å². The second-order valence-corrected chi connectivity index (χ2v) is 10.3. The summed E-state index contributed by atoms with van der Waals surface area (Å²) in [5.41, 5.74) is 0. The predicted molar refractivity (Wildman–Crippen MR) is 138 cm³/mol. The highest BCUT2D eigenvalue weighted by Crippen LogP contribution is 2.20. The Morgan fingerprint density at radius 2 is 0.438 bits per heavy atom. The van der Waals surface area contributed by atoms with Crippen LogP contribution in [0.25, 0.3) is 0 Å². The van der Waals surface area contributed by atoms with Crippen molar-refractivity contribution >= 4 is 0 Å². The minimum atomic E-state index is 0. The van der Waals surface area contributed by atoms with Crippen molar-refractivity contribution in [2.45, 2.75) is 131 Å². The molecule has 0 aromatic heterocycles. The minimum absolute atomic E-state index is 0. The van der Waals surface area contributed by atoms with Crippen molar-refractivity contribution < 1.29 is 33.8 Å². The Kier molecular flexibility index (Phi) is 28.5. The number of hydrogen-bond acceptors (Lipinski definition) is 0. The van der Waals surface area contributed by atoms with Crippen LogP contribution < -0.4 is 24.8 Å². The molecular weight excluding hydrogens is 435 g/mol. The third-order valence-corrected chi connectivity index (χ3v) is 7.43. The molecular formula is C28H62Cl2N2. The van der Waals surface area contributed by atoms with Crippen LogP contribution in [0.5, 0.6) is 0 Å². The topological polar surface area (TPSA) is 0 Å². The molecule has 0 saturated heterocycles. The summed E-state index contributed by atoms with van der Waals surface area (Å²) in [6, 6.07) is 0. The smallest absolute Gasteiger partial charge is 0.0788 e. The lowest BCUT2D eigenvalue weighted by Crippen LogP contribution is -3.00. The maximum absolute atomic E-state index is 2.37. The van der Waals surface area contributed by atoms with Gasteiger partial charge in [-0.3, -0.25) is 0 Å². The second-order valence-electron chi connectivity index (χ2n) is 10.3. The van der Waals surface area contributed by atoms with Gasteiger partial charge in [0.2, 0.25) is 0 Å². The number of quaternary nitrogens is 2. The molecule has 0 aliphatic heterocycles. The molecule has 0 N–H and O–H groups in total. The van der Waals surface area contributed by atoms with Gasteiger partial charge in [0, 0.05) is 12.8 Å². The molecule has 0 saturated carbocycles. The van der Waals surface area contributed by atoms with Crippen molar-refractivity contribution in [3.63, 3.8) is 0 Å². The maximum atomic E-state index is 2.37. The predicted octanol–water partition coefficient (Wildman–Crippen LogP) is 2.21. The standard InChI is InChI=1S/C28H62N2.2ClH/c1-7-13-21-29(22-14-8-2,23-15-9-3)27-19-20-28-30(24-16-10-4,25-17-11-5)26-18-12-6;;/h7-28H2,1-6H3;2*1H/q+2;;/p-2. The summed E-state index contributed by atoms with van der Waals surface area (Å²) in [5.74, 6) is 0. The summed E-state index contributed by atoms with van der Waals surface area (Å²) in [7, 11) is 0. The van der Waals surface area contributed by atoms with Crippen molar-refractivity contribution in [3.8, 4) is 0 Å². The lowest BCUT2D eigenvalue weighted by molar-refractivity contribution is -0.934. The zero-order valence-electron chi connectivity index (χ0n) is 23.2. The zero-order valence-corrected chi connectivity index (χ0v) is 24.7. The van der Waals surface area contributed by atoms with Crippen LogP contribution in [0.3, 0.4) is 0 Å². The van der Waals surface area contributed by atoms with Crippen molar-refractivity contribution in [2.75, 3.05) is 52.4 Å². The van der Waals surface area contributed by atoms with E-state index in [1.807, 2.05) is 0 Å². The molecule has 0 unspecified atom stereocenters. The monoisotopic (exact) mass is 496 g/mol. The van der Waals surface area contributed by atoms with Crippen LogP contribution >= 0.6 is 0 Å². The molecule has 32 heavy (non-hydrogen) atoms. The fourth-order valence-electron chi connectivity index (χ4n) is 5.20. The molecule has 0 atom stereocenters. The van der Waals surface area contributed by atoms with E-state index in [4.69, 9.17) is 0 Å². The maximum Gasteiger partial charge on any atom is 0.0788 e. The van der Waals surface area contributed by atoms with Crippen molar-refractivity contribution in [3.05, 3.63) is 0 Å². The quantitative estimate of drug-likeness (QED) is 0.150. The molecule has 2 nitrogen and oxygen atoms in total. The van der Waals surface area contributed by atoms with E-state index in [2.05, 4.69) is 41.5 Å². The average molecular weight is 498 g/mol. The molecule has 0 radical (unpaired) electrons. The van der Waals surface area contributed by atoms with E-state index in [1.54, 1.807) is 0 Å². The molecule has 0 aromatic rings. The molecule has 0 fully saturated rings. The molecule has 0 heterocycles. The molecule has 0 bridgehead atoms. The summed E-state index contributed by atoms with van der Waals surface area (Å²) in [4.78, 5) is 0. The first-order valence-corrected chi connectivity index (χ1v) is 14.3. The van der Waals surface area contributed by atoms with Crippen molar-refractivity contribution in [2.24, 2.45) is 0 Å². The highest BCUT2D eigenvalue weighted by Gasteiger charge is 2.28. The van der Waals surface area contributed by atoms with Gasteiger partial charge in [0.1, 0.15) is 0 Å². The minimum Gasteiger partial charge on any atom is -1.00 e. The SMILES string of the molecule is CCCC[N+](CCCC)(CCCC)CCCC[N+](CCCC)(CCCC)CCCC.[Cl-].[Cl-]. The number of rotatable bonds is 23. The Morgan fingerprint density at radius 3 is 0.594 bits per heavy atom. The van der Waals surface area contributed by atoms with Crippen LogP contribution in [-0.4, -0.2) is 61.3 Å². The summed E-state index contributed by atoms with van der Waals surface area (Å²) in [6.07, 6.45) is 19.5. The molecule has 0 spiro atoms. The fraction of sp³-hybridized carbons (Fsp3) is 1.00. The summed E-state index contributed by atoms with van der Waals surface area (Å²) in [6.45, 7) is 25.7. The number of unbranched alkanes of at least 4 members (excludes halogenated alkanes) is 7. The third kappa shape index (κ3) is 17.0. The Morgan fingerprint density at radius 1 is 0.281 bits per heavy atom. The van der Waals surface area contributed by atoms with Gasteiger partial charge in [0.15, 0.2) is 0 Å². The highest BCUT2D eigenvalue weighted by atomic mass is 35.5. The van der Waals surface area contributed by atoms with Crippen molar-refractivity contribution in [1.29, 1.82) is 0 Å². The molecule has 0 rings (SSSR count). The molecule has 198 valence electrons. The van der Waals surface area contributed by atoms with Crippen LogP contribution in [0.15, 0.2) is 0 Å². The van der Waals surface area contributed by atoms with Gasteiger partial charge in [0.25, 0.3) is 0 Å². The van der Waals surface area contributed by atoms with Gasteiger partial charge in [-0.1, -0.05) is 80.1 Å². The average Bonchev–Trinajstić information content (AvgIpc) is 2.77. The summed E-state index contributed by atoms with van der Waals surface area (Å²) >= 11 is 0. The van der Waals surface area contributed by atoms with Crippen LogP contribution in [-0.2, 0) is 0 Å². The van der Waals surface area contributed by atoms with Crippen LogP contribution in [0.4, 0.5) is 0 Å². The van der Waals surface area contributed by atoms with E-state index in [9.17, 15) is 0 Å². The molecule has 0 aliphatic carbocycles. The van der Waals surface area contributed by atoms with Gasteiger partial charge in [-0.05, 0) is 38.5 Å². The Labute approximate surface area is 217 Å². The zero-order chi connectivity index (χ0) is 22.6. The summed E-state index contributed by atoms with van der Waals surface area (Å²) < 4.78 is 2.85. The van der Waals surface area contributed by atoms with E-state index in [0.717, 1.165) is 0 Å². The Balaban J connectivity index is -0.00000420. The lowest BCUT2D eigenvalue weighted by Gasteiger charge is -2.41. The first-order valence-electron chi connectivity index (χ1n) is 14.3. The summed E-state index contributed by atoms with van der Waals surface area (Å²) in [5, 5.41) is 0. The van der Waals surface area contributed by atoms with E-state index in [0.29, 0.717) is 0 Å². The fourth-order valence-corrected chi connectivity index (χ4v) is 5.20. The van der Waals surface area contributed by atoms with E-state index in [1.165, 1.54) is 151 Å². The number of halogens is 2. The van der Waals surface area contributed by atoms with Gasteiger partial charge >= 0.3 is 0 Å². The molecule has 0 aromatic carbocycles. The lowest BCUT2D eigenvalue weighted by atomic mass is 10.1. The molecule has 0 aliphatic rings. The van der Waals surface area contributed by atoms with Gasteiger partial charge in [0.05, 0.1) is 52.4 Å². The third-order valence-electron chi connectivity index (χ3n) is 7.43. The van der Waals surface area contributed by atoms with Crippen LogP contribution in [0, 0.1) is 0 Å². The molecule has 0 amide bonds. The normalized spacial score (nSPS) is 11.8. The first kappa shape index (κ1) is 37.1. The number of nitrogens with zero attached hydrogens (tertiary/aromatic N) is 2. The largest absolute Gasteiger partial charge is 1.00 e. The van der Waals surface area contributed by atoms with E-state index in [-0.39, 0.29) is 24.8 Å². The first-order chi connectivity index (χ1) is 14.6. The van der Waals surface area contributed by atoms with Crippen LogP contribution in [0.1, 0.15) is 131 Å². The van der Waals surface area contributed by atoms with Crippen LogP contribution in [0.2, 0.25) is 0 Å².